The van der Waals surface area contributed by atoms with Gasteiger partial charge in [0.05, 0.1) is 6.10 Å². The Morgan fingerprint density at radius 2 is 1.72 bits per heavy atom. The fraction of sp³-hybridized carbons (Fsp3) is 0.381. The predicted octanol–water partition coefficient (Wildman–Crippen LogP) is 3.95. The summed E-state index contributed by atoms with van der Waals surface area (Å²) in [6.07, 6.45) is 2.92. The van der Waals surface area contributed by atoms with Crippen molar-refractivity contribution in [1.82, 2.24) is 0 Å². The van der Waals surface area contributed by atoms with Crippen molar-refractivity contribution in [3.8, 4) is 11.5 Å². The van der Waals surface area contributed by atoms with Crippen molar-refractivity contribution >= 4 is 5.78 Å². The van der Waals surface area contributed by atoms with Gasteiger partial charge in [-0.1, -0.05) is 24.3 Å². The maximum Gasteiger partial charge on any atom is 0.135 e. The number of ether oxygens (including phenoxy) is 1. The van der Waals surface area contributed by atoms with Crippen LogP contribution in [0, 0.1) is 6.92 Å². The second-order valence-corrected chi connectivity index (χ2v) is 6.43. The van der Waals surface area contributed by atoms with Crippen LogP contribution in [0.1, 0.15) is 36.0 Å². The van der Waals surface area contributed by atoms with Crippen LogP contribution < -0.4 is 0 Å². The standard InChI is InChI=1S/C21H26O4/c1-15-3-4-17(13-21(15)24)8-12-20(25-2)14-19(23)11-7-16-5-9-18(22)10-6-16/h3-6,9-10,13,20,22,24H,7-8,11-12,14H2,1-2H3/t20-/m0/s1. The van der Waals surface area contributed by atoms with Gasteiger partial charge in [0.15, 0.2) is 0 Å². The summed E-state index contributed by atoms with van der Waals surface area (Å²) < 4.78 is 5.45. The number of carbonyl (C=O) groups excluding carboxylic acids is 1. The van der Waals surface area contributed by atoms with Crippen LogP contribution in [0.15, 0.2) is 42.5 Å². The molecule has 0 aliphatic heterocycles. The fourth-order valence-electron chi connectivity index (χ4n) is 2.74. The van der Waals surface area contributed by atoms with Crippen LogP contribution in [0.2, 0.25) is 0 Å². The normalized spacial score (nSPS) is 12.1. The number of benzene rings is 2. The highest BCUT2D eigenvalue weighted by Gasteiger charge is 2.14. The molecule has 1 atom stereocenters. The highest BCUT2D eigenvalue weighted by molar-refractivity contribution is 5.79. The van der Waals surface area contributed by atoms with Crippen molar-refractivity contribution < 1.29 is 19.7 Å². The Bertz CT molecular complexity index is 692. The van der Waals surface area contributed by atoms with Crippen LogP contribution in [-0.4, -0.2) is 29.2 Å². The first-order chi connectivity index (χ1) is 12.0. The summed E-state index contributed by atoms with van der Waals surface area (Å²) in [6, 6.07) is 12.6. The van der Waals surface area contributed by atoms with Crippen molar-refractivity contribution in [2.45, 2.75) is 45.1 Å². The zero-order valence-electron chi connectivity index (χ0n) is 14.9. The number of hydrogen-bond donors (Lipinski definition) is 2. The average molecular weight is 342 g/mol. The third kappa shape index (κ3) is 6.24. The molecule has 2 aromatic rings. The minimum absolute atomic E-state index is 0.115. The topological polar surface area (TPSA) is 66.8 Å². The molecule has 2 rings (SSSR count). The Labute approximate surface area is 149 Å². The molecule has 0 fully saturated rings. The highest BCUT2D eigenvalue weighted by atomic mass is 16.5. The van der Waals surface area contributed by atoms with E-state index < -0.39 is 0 Å². The van der Waals surface area contributed by atoms with Gasteiger partial charge < -0.3 is 14.9 Å². The smallest absolute Gasteiger partial charge is 0.135 e. The minimum Gasteiger partial charge on any atom is -0.508 e. The molecule has 0 aliphatic carbocycles. The molecule has 0 saturated carbocycles. The molecular weight excluding hydrogens is 316 g/mol. The number of aromatic hydroxyl groups is 2. The zero-order valence-corrected chi connectivity index (χ0v) is 14.9. The van der Waals surface area contributed by atoms with Gasteiger partial charge in [0.25, 0.3) is 0 Å². The molecule has 0 saturated heterocycles. The molecule has 2 aromatic carbocycles. The minimum atomic E-state index is -0.115. The van der Waals surface area contributed by atoms with Gasteiger partial charge >= 0.3 is 0 Å². The summed E-state index contributed by atoms with van der Waals surface area (Å²) in [5, 5.41) is 19.0. The molecule has 2 N–H and O–H groups in total. The molecule has 0 radical (unpaired) electrons. The SMILES string of the molecule is CO[C@@H](CCc1ccc(C)c(O)c1)CC(=O)CCc1ccc(O)cc1. The van der Waals surface area contributed by atoms with Crippen molar-refractivity contribution in [3.05, 3.63) is 59.2 Å². The van der Waals surface area contributed by atoms with E-state index in [4.69, 9.17) is 4.74 Å². The zero-order chi connectivity index (χ0) is 18.2. The first kappa shape index (κ1) is 19.0. The fourth-order valence-corrected chi connectivity index (χ4v) is 2.74. The first-order valence-corrected chi connectivity index (χ1v) is 8.59. The number of Topliss-reactive ketones (excluding diaryl/α,β-unsaturated/α-hetero) is 1. The maximum atomic E-state index is 12.2. The van der Waals surface area contributed by atoms with Crippen molar-refractivity contribution in [2.24, 2.45) is 0 Å². The summed E-state index contributed by atoms with van der Waals surface area (Å²) in [7, 11) is 1.63. The monoisotopic (exact) mass is 342 g/mol. The van der Waals surface area contributed by atoms with E-state index in [0.717, 1.165) is 29.5 Å². The van der Waals surface area contributed by atoms with E-state index in [1.165, 1.54) is 0 Å². The first-order valence-electron chi connectivity index (χ1n) is 8.59. The van der Waals surface area contributed by atoms with E-state index in [1.54, 1.807) is 25.3 Å². The molecule has 0 amide bonds. The summed E-state index contributed by atoms with van der Waals surface area (Å²) in [5.41, 5.74) is 2.94. The van der Waals surface area contributed by atoms with Gasteiger partial charge in [-0.25, -0.2) is 0 Å². The van der Waals surface area contributed by atoms with Gasteiger partial charge in [0, 0.05) is 20.0 Å². The van der Waals surface area contributed by atoms with Crippen LogP contribution in [0.4, 0.5) is 0 Å². The van der Waals surface area contributed by atoms with Gasteiger partial charge in [0.2, 0.25) is 0 Å². The Hall–Kier alpha value is -2.33. The van der Waals surface area contributed by atoms with Gasteiger partial charge in [-0.3, -0.25) is 4.79 Å². The molecule has 4 nitrogen and oxygen atoms in total. The Morgan fingerprint density at radius 1 is 1.04 bits per heavy atom. The Kier molecular flexibility index (Phi) is 7.02. The number of methoxy groups -OCH3 is 1. The van der Waals surface area contributed by atoms with Crippen LogP contribution >= 0.6 is 0 Å². The molecule has 0 spiro atoms. The molecule has 0 heterocycles. The van der Waals surface area contributed by atoms with E-state index in [-0.39, 0.29) is 17.6 Å². The van der Waals surface area contributed by atoms with Crippen LogP contribution in [0.3, 0.4) is 0 Å². The largest absolute Gasteiger partial charge is 0.508 e. The Morgan fingerprint density at radius 3 is 2.36 bits per heavy atom. The number of carbonyl (C=O) groups is 1. The predicted molar refractivity (Wildman–Crippen MR) is 98.0 cm³/mol. The molecule has 134 valence electrons. The van der Waals surface area contributed by atoms with Gasteiger partial charge in [-0.05, 0) is 61.1 Å². The lowest BCUT2D eigenvalue weighted by molar-refractivity contribution is -0.121. The summed E-state index contributed by atoms with van der Waals surface area (Å²) in [5.74, 6) is 0.708. The number of phenolic OH excluding ortho intramolecular Hbond substituents is 2. The summed E-state index contributed by atoms with van der Waals surface area (Å²) in [4.78, 5) is 12.2. The number of aryl methyl sites for hydroxylation is 3. The van der Waals surface area contributed by atoms with Crippen molar-refractivity contribution in [3.63, 3.8) is 0 Å². The molecule has 0 unspecified atom stereocenters. The molecule has 0 aliphatic rings. The van der Waals surface area contributed by atoms with E-state index in [1.807, 2.05) is 31.2 Å². The molecule has 4 heteroatoms. The maximum absolute atomic E-state index is 12.2. The summed E-state index contributed by atoms with van der Waals surface area (Å²) >= 11 is 0. The van der Waals surface area contributed by atoms with E-state index in [9.17, 15) is 15.0 Å². The Balaban J connectivity index is 1.78. The van der Waals surface area contributed by atoms with Crippen LogP contribution in [0.5, 0.6) is 11.5 Å². The second-order valence-electron chi connectivity index (χ2n) is 6.43. The number of hydrogen-bond acceptors (Lipinski definition) is 4. The lowest BCUT2D eigenvalue weighted by Crippen LogP contribution is -2.17. The number of rotatable bonds is 9. The van der Waals surface area contributed by atoms with Crippen LogP contribution in [-0.2, 0) is 22.4 Å². The molecule has 0 aromatic heterocycles. The van der Waals surface area contributed by atoms with Crippen molar-refractivity contribution in [2.75, 3.05) is 7.11 Å². The van der Waals surface area contributed by atoms with Crippen LogP contribution in [0.25, 0.3) is 0 Å². The quantitative estimate of drug-likeness (QED) is 0.724. The van der Waals surface area contributed by atoms with E-state index >= 15 is 0 Å². The third-order valence-corrected chi connectivity index (χ3v) is 4.45. The lowest BCUT2D eigenvalue weighted by Gasteiger charge is -2.15. The second kappa shape index (κ2) is 9.23. The van der Waals surface area contributed by atoms with E-state index in [2.05, 4.69) is 0 Å². The average Bonchev–Trinajstić information content (AvgIpc) is 2.61. The van der Waals surface area contributed by atoms with Gasteiger partial charge in [-0.2, -0.15) is 0 Å². The molecular formula is C21H26O4. The lowest BCUT2D eigenvalue weighted by atomic mass is 9.99. The van der Waals surface area contributed by atoms with Crippen molar-refractivity contribution in [1.29, 1.82) is 0 Å². The highest BCUT2D eigenvalue weighted by Crippen LogP contribution is 2.20. The number of phenols is 2. The third-order valence-electron chi connectivity index (χ3n) is 4.45. The van der Waals surface area contributed by atoms with Gasteiger partial charge in [0.1, 0.15) is 17.3 Å². The molecule has 25 heavy (non-hydrogen) atoms. The summed E-state index contributed by atoms with van der Waals surface area (Å²) in [6.45, 7) is 1.86. The molecule has 0 bridgehead atoms. The number of ketones is 1. The van der Waals surface area contributed by atoms with Gasteiger partial charge in [-0.15, -0.1) is 0 Å². The van der Waals surface area contributed by atoms with E-state index in [0.29, 0.717) is 25.0 Å².